The lowest BCUT2D eigenvalue weighted by atomic mass is 10.0. The molecule has 27 heavy (non-hydrogen) atoms. The van der Waals surface area contributed by atoms with E-state index in [2.05, 4.69) is 55.1 Å². The second-order valence-electron chi connectivity index (χ2n) is 7.83. The zero-order valence-corrected chi connectivity index (χ0v) is 16.4. The van der Waals surface area contributed by atoms with Gasteiger partial charge in [0.25, 0.3) is 0 Å². The molecule has 0 unspecified atom stereocenters. The minimum Gasteiger partial charge on any atom is -0.337 e. The number of fused-ring (bicyclic) bond motifs is 3. The first kappa shape index (κ1) is 18.0. The van der Waals surface area contributed by atoms with Gasteiger partial charge in [0.1, 0.15) is 5.82 Å². The van der Waals surface area contributed by atoms with Gasteiger partial charge in [0, 0.05) is 36.1 Å². The van der Waals surface area contributed by atoms with Gasteiger partial charge < -0.3 is 9.47 Å². The van der Waals surface area contributed by atoms with Crippen molar-refractivity contribution < 1.29 is 4.39 Å². The number of rotatable bonds is 3. The Morgan fingerprint density at radius 1 is 1.07 bits per heavy atom. The van der Waals surface area contributed by atoms with E-state index < -0.39 is 0 Å². The van der Waals surface area contributed by atoms with Crippen molar-refractivity contribution in [1.82, 2.24) is 9.47 Å². The molecule has 0 aliphatic carbocycles. The van der Waals surface area contributed by atoms with Gasteiger partial charge in [0.05, 0.1) is 6.04 Å². The predicted octanol–water partition coefficient (Wildman–Crippen LogP) is 5.39. The topological polar surface area (TPSA) is 8.17 Å². The van der Waals surface area contributed by atoms with E-state index in [0.29, 0.717) is 0 Å². The van der Waals surface area contributed by atoms with Crippen molar-refractivity contribution in [2.75, 3.05) is 20.1 Å². The van der Waals surface area contributed by atoms with Crippen LogP contribution in [0.25, 0.3) is 16.5 Å². The third kappa shape index (κ3) is 3.21. The molecule has 3 heteroatoms. The van der Waals surface area contributed by atoms with Crippen LogP contribution in [0, 0.1) is 12.7 Å². The molecule has 0 fully saturated rings. The van der Waals surface area contributed by atoms with Gasteiger partial charge in [-0.3, -0.25) is 0 Å². The van der Waals surface area contributed by atoms with Crippen LogP contribution >= 0.6 is 0 Å². The molecule has 140 valence electrons. The van der Waals surface area contributed by atoms with Crippen molar-refractivity contribution in [2.45, 2.75) is 32.7 Å². The van der Waals surface area contributed by atoms with Crippen LogP contribution in [0.5, 0.6) is 0 Å². The molecule has 0 N–H and O–H groups in total. The maximum atomic E-state index is 13.3. The number of nitrogens with zero attached hydrogens (tertiary/aromatic N) is 2. The first-order chi connectivity index (χ1) is 13.0. The SMILES string of the molecule is C=C(c1ccc(F)cc1)[C@@H](C)n1c2c(c3cc(C)ccc31)CCN(C)CC2. The van der Waals surface area contributed by atoms with Gasteiger partial charge >= 0.3 is 0 Å². The van der Waals surface area contributed by atoms with Crippen LogP contribution in [0.3, 0.4) is 0 Å². The summed E-state index contributed by atoms with van der Waals surface area (Å²) >= 11 is 0. The van der Waals surface area contributed by atoms with Crippen molar-refractivity contribution in [3.8, 4) is 0 Å². The molecule has 4 rings (SSSR count). The molecule has 0 saturated carbocycles. The van der Waals surface area contributed by atoms with Gasteiger partial charge in [-0.2, -0.15) is 0 Å². The zero-order valence-electron chi connectivity index (χ0n) is 16.4. The number of aromatic nitrogens is 1. The Morgan fingerprint density at radius 2 is 1.78 bits per heavy atom. The summed E-state index contributed by atoms with van der Waals surface area (Å²) in [5.41, 5.74) is 7.51. The Balaban J connectivity index is 1.85. The highest BCUT2D eigenvalue weighted by molar-refractivity contribution is 5.87. The number of likely N-dealkylation sites (N-methyl/N-ethyl adjacent to an activating group) is 1. The lowest BCUT2D eigenvalue weighted by molar-refractivity contribution is 0.350. The third-order valence-corrected chi connectivity index (χ3v) is 5.96. The molecule has 1 aliphatic heterocycles. The average molecular weight is 362 g/mol. The first-order valence-electron chi connectivity index (χ1n) is 9.71. The highest BCUT2D eigenvalue weighted by atomic mass is 19.1. The van der Waals surface area contributed by atoms with E-state index >= 15 is 0 Å². The molecule has 2 aromatic carbocycles. The summed E-state index contributed by atoms with van der Waals surface area (Å²) < 4.78 is 15.8. The van der Waals surface area contributed by atoms with Crippen molar-refractivity contribution in [1.29, 1.82) is 0 Å². The molecule has 3 aromatic rings. The standard InChI is InChI=1S/C24H27FN2/c1-16-5-10-23-22(15-16)21-11-13-26(4)14-12-24(21)27(23)18(3)17(2)19-6-8-20(25)9-7-19/h5-10,15,18H,2,11-14H2,1,3-4H3/t18-/m1/s1. The molecular weight excluding hydrogens is 335 g/mol. The molecule has 1 aromatic heterocycles. The molecule has 1 aliphatic rings. The quantitative estimate of drug-likeness (QED) is 0.606. The monoisotopic (exact) mass is 362 g/mol. The van der Waals surface area contributed by atoms with Crippen molar-refractivity contribution in [3.63, 3.8) is 0 Å². The lowest BCUT2D eigenvalue weighted by Gasteiger charge is -2.22. The van der Waals surface area contributed by atoms with Crippen molar-refractivity contribution in [3.05, 3.63) is 77.2 Å². The number of benzene rings is 2. The number of halogens is 1. The fourth-order valence-corrected chi connectivity index (χ4v) is 4.31. The van der Waals surface area contributed by atoms with Gasteiger partial charge in [-0.25, -0.2) is 4.39 Å². The Morgan fingerprint density at radius 3 is 2.52 bits per heavy atom. The summed E-state index contributed by atoms with van der Waals surface area (Å²) in [7, 11) is 2.20. The summed E-state index contributed by atoms with van der Waals surface area (Å²) in [5, 5.41) is 1.37. The highest BCUT2D eigenvalue weighted by Gasteiger charge is 2.24. The van der Waals surface area contributed by atoms with Gasteiger partial charge in [-0.05, 0) is 68.3 Å². The number of allylic oxidation sites excluding steroid dienone is 1. The summed E-state index contributed by atoms with van der Waals surface area (Å²) in [6.45, 7) is 10.9. The van der Waals surface area contributed by atoms with E-state index in [4.69, 9.17) is 0 Å². The van der Waals surface area contributed by atoms with Gasteiger partial charge in [-0.1, -0.05) is 30.3 Å². The fraction of sp³-hybridized carbons (Fsp3) is 0.333. The van der Waals surface area contributed by atoms with E-state index in [1.807, 2.05) is 12.1 Å². The van der Waals surface area contributed by atoms with E-state index in [1.54, 1.807) is 0 Å². The Kier molecular flexibility index (Phi) is 4.65. The van der Waals surface area contributed by atoms with Crippen LogP contribution in [-0.4, -0.2) is 29.6 Å². The summed E-state index contributed by atoms with van der Waals surface area (Å²) in [6.07, 6.45) is 2.12. The van der Waals surface area contributed by atoms with Crippen LogP contribution < -0.4 is 0 Å². The van der Waals surface area contributed by atoms with Crippen LogP contribution in [0.2, 0.25) is 0 Å². The molecule has 0 radical (unpaired) electrons. The number of hydrogen-bond acceptors (Lipinski definition) is 1. The van der Waals surface area contributed by atoms with Gasteiger partial charge in [-0.15, -0.1) is 0 Å². The highest BCUT2D eigenvalue weighted by Crippen LogP contribution is 2.36. The van der Waals surface area contributed by atoms with E-state index in [-0.39, 0.29) is 11.9 Å². The molecule has 0 spiro atoms. The lowest BCUT2D eigenvalue weighted by Crippen LogP contribution is -2.21. The second-order valence-corrected chi connectivity index (χ2v) is 7.83. The fourth-order valence-electron chi connectivity index (χ4n) is 4.31. The summed E-state index contributed by atoms with van der Waals surface area (Å²) in [4.78, 5) is 2.41. The molecule has 2 nitrogen and oxygen atoms in total. The number of aryl methyl sites for hydroxylation is 1. The normalized spacial score (nSPS) is 16.1. The van der Waals surface area contributed by atoms with E-state index in [9.17, 15) is 4.39 Å². The van der Waals surface area contributed by atoms with E-state index in [0.717, 1.165) is 37.1 Å². The largest absolute Gasteiger partial charge is 0.337 e. The molecular formula is C24H27FN2. The van der Waals surface area contributed by atoms with Gasteiger partial charge in [0.2, 0.25) is 0 Å². The summed E-state index contributed by atoms with van der Waals surface area (Å²) in [6, 6.07) is 13.6. The molecule has 0 amide bonds. The maximum Gasteiger partial charge on any atom is 0.123 e. The minimum absolute atomic E-state index is 0.118. The smallest absolute Gasteiger partial charge is 0.123 e. The summed E-state index contributed by atoms with van der Waals surface area (Å²) in [5.74, 6) is -0.210. The molecule has 0 bridgehead atoms. The van der Waals surface area contributed by atoms with Crippen molar-refractivity contribution in [2.24, 2.45) is 0 Å². The first-order valence-corrected chi connectivity index (χ1v) is 9.71. The van der Waals surface area contributed by atoms with Crippen LogP contribution in [0.15, 0.2) is 49.0 Å². The van der Waals surface area contributed by atoms with Crippen LogP contribution in [0.4, 0.5) is 4.39 Å². The van der Waals surface area contributed by atoms with Crippen LogP contribution in [0.1, 0.15) is 35.3 Å². The average Bonchev–Trinajstić information content (AvgIpc) is 2.83. The number of hydrogen-bond donors (Lipinski definition) is 0. The molecule has 2 heterocycles. The Bertz CT molecular complexity index is 997. The molecule has 0 saturated heterocycles. The zero-order chi connectivity index (χ0) is 19.1. The van der Waals surface area contributed by atoms with Gasteiger partial charge in [0.15, 0.2) is 0 Å². The third-order valence-electron chi connectivity index (χ3n) is 5.96. The predicted molar refractivity (Wildman–Crippen MR) is 112 cm³/mol. The van der Waals surface area contributed by atoms with E-state index in [1.165, 1.54) is 39.9 Å². The second kappa shape index (κ2) is 6.97. The molecule has 1 atom stereocenters. The van der Waals surface area contributed by atoms with Crippen molar-refractivity contribution >= 4 is 16.5 Å². The maximum absolute atomic E-state index is 13.3. The Labute approximate surface area is 160 Å². The van der Waals surface area contributed by atoms with Crippen LogP contribution in [-0.2, 0) is 12.8 Å². The minimum atomic E-state index is -0.210. The Hall–Kier alpha value is -2.39.